The second-order valence-corrected chi connectivity index (χ2v) is 5.56. The lowest BCUT2D eigenvalue weighted by Crippen LogP contribution is -1.98. The van der Waals surface area contributed by atoms with Crippen LogP contribution in [0.4, 0.5) is 0 Å². The number of hydrogen-bond acceptors (Lipinski definition) is 3. The molecule has 0 aliphatic rings. The van der Waals surface area contributed by atoms with E-state index >= 15 is 0 Å². The van der Waals surface area contributed by atoms with Gasteiger partial charge in [-0.05, 0) is 29.3 Å². The van der Waals surface area contributed by atoms with E-state index in [4.69, 9.17) is 4.74 Å². The zero-order chi connectivity index (χ0) is 17.5. The number of ether oxygens (including phenoxy) is 1. The predicted octanol–water partition coefficient (Wildman–Crippen LogP) is 4.87. The quantitative estimate of drug-likeness (QED) is 0.518. The first kappa shape index (κ1) is 16.5. The van der Waals surface area contributed by atoms with Gasteiger partial charge in [0.2, 0.25) is 0 Å². The van der Waals surface area contributed by atoms with Gasteiger partial charge in [-0.15, -0.1) is 0 Å². The van der Waals surface area contributed by atoms with Crippen LogP contribution in [0, 0.1) is 0 Å². The maximum Gasteiger partial charge on any atom is 0.189 e. The normalized spacial score (nSPS) is 10.7. The molecule has 3 nitrogen and oxygen atoms in total. The monoisotopic (exact) mass is 330 g/mol. The van der Waals surface area contributed by atoms with Crippen molar-refractivity contribution in [3.8, 4) is 11.5 Å². The van der Waals surface area contributed by atoms with E-state index in [1.165, 1.54) is 12.1 Å². The zero-order valence-electron chi connectivity index (χ0n) is 13.6. The van der Waals surface area contributed by atoms with Crippen molar-refractivity contribution in [2.45, 2.75) is 6.61 Å². The lowest BCUT2D eigenvalue weighted by atomic mass is 10.1. The second kappa shape index (κ2) is 7.97. The molecule has 3 heteroatoms. The molecule has 0 atom stereocenters. The summed E-state index contributed by atoms with van der Waals surface area (Å²) < 4.78 is 5.65. The topological polar surface area (TPSA) is 46.5 Å². The predicted molar refractivity (Wildman–Crippen MR) is 98.7 cm³/mol. The molecular formula is C22H18O3. The summed E-state index contributed by atoms with van der Waals surface area (Å²) in [5, 5.41) is 10.1. The molecular weight excluding hydrogens is 312 g/mol. The number of hydrogen-bond donors (Lipinski definition) is 1. The molecule has 0 saturated carbocycles. The average molecular weight is 330 g/mol. The van der Waals surface area contributed by atoms with Crippen LogP contribution in [0.5, 0.6) is 11.5 Å². The first-order valence-corrected chi connectivity index (χ1v) is 7.99. The molecule has 0 aliphatic carbocycles. The van der Waals surface area contributed by atoms with Crippen molar-refractivity contribution in [1.29, 1.82) is 0 Å². The Balaban J connectivity index is 1.67. The maximum absolute atomic E-state index is 12.2. The number of benzene rings is 3. The van der Waals surface area contributed by atoms with Gasteiger partial charge in [-0.2, -0.15) is 0 Å². The van der Waals surface area contributed by atoms with Gasteiger partial charge >= 0.3 is 0 Å². The highest BCUT2D eigenvalue weighted by molar-refractivity contribution is 6.08. The number of carbonyl (C=O) groups is 1. The lowest BCUT2D eigenvalue weighted by molar-refractivity contribution is 0.104. The number of phenols is 1. The number of carbonyl (C=O) groups excluding carboxylic acids is 1. The van der Waals surface area contributed by atoms with Crippen molar-refractivity contribution in [1.82, 2.24) is 0 Å². The molecule has 0 aliphatic heterocycles. The molecule has 0 amide bonds. The van der Waals surface area contributed by atoms with Crippen LogP contribution in [0.1, 0.15) is 21.5 Å². The summed E-state index contributed by atoms with van der Waals surface area (Å²) in [7, 11) is 0. The Morgan fingerprint density at radius 1 is 0.920 bits per heavy atom. The average Bonchev–Trinajstić information content (AvgIpc) is 2.66. The van der Waals surface area contributed by atoms with Gasteiger partial charge in [-0.25, -0.2) is 0 Å². The summed E-state index contributed by atoms with van der Waals surface area (Å²) in [5.74, 6) is 0.175. The Hall–Kier alpha value is -3.33. The highest BCUT2D eigenvalue weighted by atomic mass is 16.5. The van der Waals surface area contributed by atoms with Gasteiger partial charge in [-0.1, -0.05) is 66.7 Å². The van der Waals surface area contributed by atoms with Gasteiger partial charge in [0.05, 0.1) is 5.56 Å². The Bertz CT molecular complexity index is 868. The van der Waals surface area contributed by atoms with E-state index in [2.05, 4.69) is 0 Å². The van der Waals surface area contributed by atoms with E-state index in [9.17, 15) is 9.90 Å². The van der Waals surface area contributed by atoms with Crippen LogP contribution in [0.3, 0.4) is 0 Å². The van der Waals surface area contributed by atoms with Crippen molar-refractivity contribution in [2.24, 2.45) is 0 Å². The first-order chi connectivity index (χ1) is 12.2. The Morgan fingerprint density at radius 3 is 2.28 bits per heavy atom. The van der Waals surface area contributed by atoms with Gasteiger partial charge in [0.15, 0.2) is 5.78 Å². The van der Waals surface area contributed by atoms with E-state index in [0.717, 1.165) is 11.1 Å². The van der Waals surface area contributed by atoms with Gasteiger partial charge in [0, 0.05) is 6.07 Å². The lowest BCUT2D eigenvalue weighted by Gasteiger charge is -2.08. The summed E-state index contributed by atoms with van der Waals surface area (Å²) in [4.78, 5) is 12.2. The fourth-order valence-electron chi connectivity index (χ4n) is 2.38. The van der Waals surface area contributed by atoms with Crippen LogP contribution in [0.2, 0.25) is 0 Å². The molecule has 0 radical (unpaired) electrons. The highest BCUT2D eigenvalue weighted by Gasteiger charge is 2.09. The van der Waals surface area contributed by atoms with E-state index < -0.39 is 0 Å². The van der Waals surface area contributed by atoms with Crippen molar-refractivity contribution >= 4 is 11.9 Å². The fraction of sp³-hybridized carbons (Fsp3) is 0.0455. The minimum Gasteiger partial charge on any atom is -0.507 e. The van der Waals surface area contributed by atoms with Gasteiger partial charge in [0.1, 0.15) is 18.1 Å². The zero-order valence-corrected chi connectivity index (χ0v) is 13.6. The van der Waals surface area contributed by atoms with Crippen LogP contribution in [0.25, 0.3) is 6.08 Å². The molecule has 3 aromatic carbocycles. The van der Waals surface area contributed by atoms with Crippen LogP contribution in [-0.2, 0) is 6.61 Å². The third-order valence-corrected chi connectivity index (χ3v) is 3.71. The SMILES string of the molecule is O=C(C=Cc1ccccc1)c1ccc(OCc2ccccc2)cc1O. The van der Waals surface area contributed by atoms with Crippen molar-refractivity contribution < 1.29 is 14.6 Å². The van der Waals surface area contributed by atoms with Crippen LogP contribution < -0.4 is 4.74 Å². The maximum atomic E-state index is 12.2. The highest BCUT2D eigenvalue weighted by Crippen LogP contribution is 2.25. The first-order valence-electron chi connectivity index (χ1n) is 7.99. The Morgan fingerprint density at radius 2 is 1.60 bits per heavy atom. The molecule has 0 heterocycles. The number of allylic oxidation sites excluding steroid dienone is 1. The molecule has 0 saturated heterocycles. The van der Waals surface area contributed by atoms with Gasteiger partial charge < -0.3 is 9.84 Å². The smallest absolute Gasteiger partial charge is 0.189 e. The van der Waals surface area contributed by atoms with E-state index in [1.54, 1.807) is 18.2 Å². The third kappa shape index (κ3) is 4.58. The largest absolute Gasteiger partial charge is 0.507 e. The Kier molecular flexibility index (Phi) is 5.27. The number of phenolic OH excluding ortho intramolecular Hbond substituents is 1. The fourth-order valence-corrected chi connectivity index (χ4v) is 2.38. The standard InChI is InChI=1S/C22H18O3/c23-21(14-11-17-7-3-1-4-8-17)20-13-12-19(15-22(20)24)25-16-18-9-5-2-6-10-18/h1-15,24H,16H2. The summed E-state index contributed by atoms with van der Waals surface area (Å²) in [6.07, 6.45) is 3.18. The molecule has 1 N–H and O–H groups in total. The minimum absolute atomic E-state index is 0.0896. The van der Waals surface area contributed by atoms with E-state index in [0.29, 0.717) is 12.4 Å². The summed E-state index contributed by atoms with van der Waals surface area (Å²) in [6.45, 7) is 0.404. The Labute approximate surface area is 146 Å². The van der Waals surface area contributed by atoms with Crippen molar-refractivity contribution in [3.63, 3.8) is 0 Å². The third-order valence-electron chi connectivity index (χ3n) is 3.71. The summed E-state index contributed by atoms with van der Waals surface area (Å²) in [6, 6.07) is 24.0. The van der Waals surface area contributed by atoms with Crippen molar-refractivity contribution in [3.05, 3.63) is 102 Å². The molecule has 124 valence electrons. The minimum atomic E-state index is -0.254. The van der Waals surface area contributed by atoms with Gasteiger partial charge in [0.25, 0.3) is 0 Å². The van der Waals surface area contributed by atoms with E-state index in [1.807, 2.05) is 60.7 Å². The number of rotatable bonds is 6. The molecule has 25 heavy (non-hydrogen) atoms. The summed E-state index contributed by atoms with van der Waals surface area (Å²) >= 11 is 0. The molecule has 0 spiro atoms. The number of ketones is 1. The van der Waals surface area contributed by atoms with Gasteiger partial charge in [-0.3, -0.25) is 4.79 Å². The molecule has 3 aromatic rings. The molecule has 0 aromatic heterocycles. The molecule has 0 bridgehead atoms. The van der Waals surface area contributed by atoms with Crippen LogP contribution in [0.15, 0.2) is 84.9 Å². The molecule has 0 fully saturated rings. The van der Waals surface area contributed by atoms with Crippen LogP contribution in [-0.4, -0.2) is 10.9 Å². The van der Waals surface area contributed by atoms with E-state index in [-0.39, 0.29) is 17.1 Å². The number of aromatic hydroxyl groups is 1. The summed E-state index contributed by atoms with van der Waals surface area (Å²) in [5.41, 5.74) is 2.21. The second-order valence-electron chi connectivity index (χ2n) is 5.56. The molecule has 3 rings (SSSR count). The molecule has 0 unspecified atom stereocenters. The van der Waals surface area contributed by atoms with Crippen molar-refractivity contribution in [2.75, 3.05) is 0 Å². The van der Waals surface area contributed by atoms with Crippen LogP contribution >= 0.6 is 0 Å².